The maximum atomic E-state index is 12.3. The smallest absolute Gasteiger partial charge is 0.391 e. The maximum Gasteiger partial charge on any atom is 0.391 e. The fourth-order valence-electron chi connectivity index (χ4n) is 1.83. The van der Waals surface area contributed by atoms with Crippen molar-refractivity contribution in [1.29, 1.82) is 0 Å². The quantitative estimate of drug-likeness (QED) is 0.886. The van der Waals surface area contributed by atoms with E-state index in [0.717, 1.165) is 16.0 Å². The van der Waals surface area contributed by atoms with Crippen LogP contribution in [0.1, 0.15) is 20.3 Å². The van der Waals surface area contributed by atoms with Crippen LogP contribution in [0.4, 0.5) is 18.3 Å². The monoisotopic (exact) mass is 304 g/mol. The number of thiazole rings is 1. The molecule has 1 N–H and O–H groups in total. The van der Waals surface area contributed by atoms with E-state index in [4.69, 9.17) is 4.74 Å². The van der Waals surface area contributed by atoms with Gasteiger partial charge in [0.15, 0.2) is 5.13 Å². The lowest BCUT2D eigenvalue weighted by molar-refractivity contribution is -0.136. The van der Waals surface area contributed by atoms with Crippen molar-refractivity contribution in [3.05, 3.63) is 18.2 Å². The second-order valence-electron chi connectivity index (χ2n) is 4.45. The molecule has 1 unspecified atom stereocenters. The standard InChI is InChI=1S/C13H15F3N2OS/c1-3-19-9-4-5-10-11(6-9)20-12(18-10)17-8(2)7-13(14,15)16/h4-6,8H,3,7H2,1-2H3,(H,17,18). The van der Waals surface area contributed by atoms with Crippen LogP contribution in [-0.4, -0.2) is 23.8 Å². The molecule has 1 atom stereocenters. The van der Waals surface area contributed by atoms with Gasteiger partial charge in [-0.1, -0.05) is 11.3 Å². The van der Waals surface area contributed by atoms with Crippen molar-refractivity contribution in [2.75, 3.05) is 11.9 Å². The number of hydrogen-bond donors (Lipinski definition) is 1. The number of ether oxygens (including phenoxy) is 1. The Labute approximate surface area is 118 Å². The minimum atomic E-state index is -4.18. The van der Waals surface area contributed by atoms with Gasteiger partial charge in [-0.15, -0.1) is 0 Å². The molecular formula is C13H15F3N2OS. The Bertz CT molecular complexity index is 582. The SMILES string of the molecule is CCOc1ccc2nc(NC(C)CC(F)(F)F)sc2c1. The van der Waals surface area contributed by atoms with Gasteiger partial charge in [0.2, 0.25) is 0 Å². The van der Waals surface area contributed by atoms with Crippen molar-refractivity contribution >= 4 is 26.7 Å². The summed E-state index contributed by atoms with van der Waals surface area (Å²) in [5.41, 5.74) is 0.750. The van der Waals surface area contributed by atoms with Crippen molar-refractivity contribution in [1.82, 2.24) is 4.98 Å². The first-order valence-electron chi connectivity index (χ1n) is 6.24. The zero-order valence-corrected chi connectivity index (χ0v) is 11.9. The van der Waals surface area contributed by atoms with Gasteiger partial charge >= 0.3 is 6.18 Å². The number of nitrogens with zero attached hydrogens (tertiary/aromatic N) is 1. The highest BCUT2D eigenvalue weighted by molar-refractivity contribution is 7.22. The molecule has 0 bridgehead atoms. The third-order valence-electron chi connectivity index (χ3n) is 2.58. The van der Waals surface area contributed by atoms with Gasteiger partial charge in [-0.05, 0) is 32.0 Å². The van der Waals surface area contributed by atoms with E-state index in [2.05, 4.69) is 10.3 Å². The first-order valence-corrected chi connectivity index (χ1v) is 7.05. The second-order valence-corrected chi connectivity index (χ2v) is 5.48. The molecule has 0 saturated heterocycles. The summed E-state index contributed by atoms with van der Waals surface area (Å²) in [6.07, 6.45) is -5.06. The predicted molar refractivity (Wildman–Crippen MR) is 74.5 cm³/mol. The minimum absolute atomic E-state index is 0.491. The summed E-state index contributed by atoms with van der Waals surface area (Å²) in [5, 5.41) is 3.28. The van der Waals surface area contributed by atoms with Crippen molar-refractivity contribution < 1.29 is 17.9 Å². The summed E-state index contributed by atoms with van der Waals surface area (Å²) in [7, 11) is 0. The molecule has 0 amide bonds. The molecule has 2 aromatic rings. The summed E-state index contributed by atoms with van der Waals surface area (Å²) in [6, 6.07) is 4.74. The van der Waals surface area contributed by atoms with Gasteiger partial charge in [-0.25, -0.2) is 4.98 Å². The van der Waals surface area contributed by atoms with Gasteiger partial charge in [0.1, 0.15) is 5.75 Å². The van der Waals surface area contributed by atoms with Crippen LogP contribution in [0.5, 0.6) is 5.75 Å². The Morgan fingerprint density at radius 1 is 1.40 bits per heavy atom. The van der Waals surface area contributed by atoms with Crippen molar-refractivity contribution in [3.63, 3.8) is 0 Å². The van der Waals surface area contributed by atoms with E-state index in [1.807, 2.05) is 13.0 Å². The Morgan fingerprint density at radius 2 is 2.15 bits per heavy atom. The highest BCUT2D eigenvalue weighted by Crippen LogP contribution is 2.31. The van der Waals surface area contributed by atoms with Crippen molar-refractivity contribution in [2.24, 2.45) is 0 Å². The number of nitrogens with one attached hydrogen (secondary N) is 1. The molecule has 0 aliphatic heterocycles. The van der Waals surface area contributed by atoms with Crippen LogP contribution >= 0.6 is 11.3 Å². The molecule has 3 nitrogen and oxygen atoms in total. The third kappa shape index (κ3) is 4.00. The van der Waals surface area contributed by atoms with E-state index in [9.17, 15) is 13.2 Å². The predicted octanol–water partition coefficient (Wildman–Crippen LogP) is 4.45. The van der Waals surface area contributed by atoms with Gasteiger partial charge < -0.3 is 10.1 Å². The molecule has 110 valence electrons. The van der Waals surface area contributed by atoms with E-state index in [1.165, 1.54) is 18.3 Å². The number of aromatic nitrogens is 1. The zero-order chi connectivity index (χ0) is 14.8. The number of anilines is 1. The molecule has 0 radical (unpaired) electrons. The molecule has 0 spiro atoms. The number of fused-ring (bicyclic) bond motifs is 1. The first kappa shape index (κ1) is 14.9. The van der Waals surface area contributed by atoms with Crippen LogP contribution in [0.3, 0.4) is 0 Å². The number of hydrogen-bond acceptors (Lipinski definition) is 4. The van der Waals surface area contributed by atoms with Crippen LogP contribution in [0.15, 0.2) is 18.2 Å². The molecule has 0 saturated carbocycles. The lowest BCUT2D eigenvalue weighted by Gasteiger charge is -2.14. The van der Waals surface area contributed by atoms with Crippen LogP contribution in [0.25, 0.3) is 10.2 Å². The van der Waals surface area contributed by atoms with E-state index in [0.29, 0.717) is 11.7 Å². The van der Waals surface area contributed by atoms with Gasteiger partial charge in [0, 0.05) is 6.04 Å². The Hall–Kier alpha value is -1.50. The zero-order valence-electron chi connectivity index (χ0n) is 11.1. The van der Waals surface area contributed by atoms with Gasteiger partial charge in [0.25, 0.3) is 0 Å². The highest BCUT2D eigenvalue weighted by Gasteiger charge is 2.30. The van der Waals surface area contributed by atoms with E-state index in [1.54, 1.807) is 12.1 Å². The molecule has 7 heteroatoms. The first-order chi connectivity index (χ1) is 9.37. The topological polar surface area (TPSA) is 34.1 Å². The van der Waals surface area contributed by atoms with Crippen molar-refractivity contribution in [2.45, 2.75) is 32.5 Å². The van der Waals surface area contributed by atoms with E-state index < -0.39 is 18.6 Å². The Balaban J connectivity index is 2.11. The average molecular weight is 304 g/mol. The van der Waals surface area contributed by atoms with Gasteiger partial charge in [-0.2, -0.15) is 13.2 Å². The number of benzene rings is 1. The molecule has 0 aliphatic carbocycles. The van der Waals surface area contributed by atoms with E-state index >= 15 is 0 Å². The molecule has 1 aromatic heterocycles. The summed E-state index contributed by atoms with van der Waals surface area (Å²) in [4.78, 5) is 4.27. The van der Waals surface area contributed by atoms with Crippen LogP contribution < -0.4 is 10.1 Å². The van der Waals surface area contributed by atoms with Gasteiger partial charge in [-0.3, -0.25) is 0 Å². The molecule has 0 aliphatic rings. The Kier molecular flexibility index (Phi) is 4.37. The summed E-state index contributed by atoms with van der Waals surface area (Å²) in [5.74, 6) is 0.735. The van der Waals surface area contributed by atoms with Crippen LogP contribution in [0, 0.1) is 0 Å². The molecular weight excluding hydrogens is 289 g/mol. The highest BCUT2D eigenvalue weighted by atomic mass is 32.1. The van der Waals surface area contributed by atoms with Crippen molar-refractivity contribution in [3.8, 4) is 5.75 Å². The third-order valence-corrected chi connectivity index (χ3v) is 3.53. The van der Waals surface area contributed by atoms with Crippen LogP contribution in [-0.2, 0) is 0 Å². The largest absolute Gasteiger partial charge is 0.494 e. The Morgan fingerprint density at radius 3 is 2.80 bits per heavy atom. The number of alkyl halides is 3. The molecule has 20 heavy (non-hydrogen) atoms. The number of halogens is 3. The molecule has 1 heterocycles. The lowest BCUT2D eigenvalue weighted by atomic mass is 10.2. The normalized spacial score (nSPS) is 13.4. The second kappa shape index (κ2) is 5.87. The van der Waals surface area contributed by atoms with E-state index in [-0.39, 0.29) is 0 Å². The van der Waals surface area contributed by atoms with Crippen LogP contribution in [0.2, 0.25) is 0 Å². The molecule has 1 aromatic carbocycles. The average Bonchev–Trinajstić information content (AvgIpc) is 2.67. The van der Waals surface area contributed by atoms with Gasteiger partial charge in [0.05, 0.1) is 23.2 Å². The summed E-state index contributed by atoms with van der Waals surface area (Å²) >= 11 is 1.32. The fourth-order valence-corrected chi connectivity index (χ4v) is 2.84. The summed E-state index contributed by atoms with van der Waals surface area (Å²) < 4.78 is 43.1. The summed E-state index contributed by atoms with van der Waals surface area (Å²) in [6.45, 7) is 3.95. The number of rotatable bonds is 5. The maximum absolute atomic E-state index is 12.3. The lowest BCUT2D eigenvalue weighted by Crippen LogP contribution is -2.23. The molecule has 2 rings (SSSR count). The molecule has 0 fully saturated rings. The fraction of sp³-hybridized carbons (Fsp3) is 0.462. The minimum Gasteiger partial charge on any atom is -0.494 e.